The summed E-state index contributed by atoms with van der Waals surface area (Å²) in [5.74, 6) is 1.26. The van der Waals surface area contributed by atoms with Gasteiger partial charge in [-0.25, -0.2) is 13.1 Å². The molecule has 0 fully saturated rings. The predicted octanol–water partition coefficient (Wildman–Crippen LogP) is 3.52. The summed E-state index contributed by atoms with van der Waals surface area (Å²) < 4.78 is 38.1. The van der Waals surface area contributed by atoms with Gasteiger partial charge in [0.25, 0.3) is 0 Å². The van der Waals surface area contributed by atoms with E-state index in [1.165, 1.54) is 0 Å². The van der Waals surface area contributed by atoms with E-state index in [2.05, 4.69) is 11.6 Å². The number of methoxy groups -OCH3 is 2. The molecule has 0 bridgehead atoms. The second-order valence-electron chi connectivity index (χ2n) is 5.75. The predicted molar refractivity (Wildman–Crippen MR) is 98.6 cm³/mol. The van der Waals surface area contributed by atoms with E-state index in [-0.39, 0.29) is 11.4 Å². The van der Waals surface area contributed by atoms with E-state index in [1.807, 2.05) is 12.1 Å². The first-order chi connectivity index (χ1) is 12.0. The average Bonchev–Trinajstić information content (AvgIpc) is 2.64. The molecular weight excluding hydrogens is 338 g/mol. The van der Waals surface area contributed by atoms with Crippen molar-refractivity contribution in [3.63, 3.8) is 0 Å². The highest BCUT2D eigenvalue weighted by molar-refractivity contribution is 7.89. The summed E-state index contributed by atoms with van der Waals surface area (Å²) in [7, 11) is -0.471. The van der Waals surface area contributed by atoms with Crippen LogP contribution in [0.3, 0.4) is 0 Å². The summed E-state index contributed by atoms with van der Waals surface area (Å²) in [5.41, 5.74) is 1.86. The Morgan fingerprint density at radius 1 is 1.00 bits per heavy atom. The van der Waals surface area contributed by atoms with Crippen molar-refractivity contribution in [3.8, 4) is 11.5 Å². The Kier molecular flexibility index (Phi) is 6.84. The van der Waals surface area contributed by atoms with Crippen molar-refractivity contribution in [1.82, 2.24) is 4.72 Å². The lowest BCUT2D eigenvalue weighted by Crippen LogP contribution is -2.23. The highest BCUT2D eigenvalue weighted by atomic mass is 32.2. The minimum atomic E-state index is -3.59. The first-order valence-corrected chi connectivity index (χ1v) is 9.78. The fourth-order valence-electron chi connectivity index (χ4n) is 2.49. The third-order valence-electron chi connectivity index (χ3n) is 3.99. The smallest absolute Gasteiger partial charge is 0.240 e. The third kappa shape index (κ3) is 5.21. The van der Waals surface area contributed by atoms with Gasteiger partial charge in [0.15, 0.2) is 0 Å². The van der Waals surface area contributed by atoms with Crippen LogP contribution >= 0.6 is 0 Å². The molecule has 1 N–H and O–H groups in total. The van der Waals surface area contributed by atoms with Gasteiger partial charge in [-0.2, -0.15) is 0 Å². The second-order valence-corrected chi connectivity index (χ2v) is 7.52. The summed E-state index contributed by atoms with van der Waals surface area (Å²) >= 11 is 0. The summed E-state index contributed by atoms with van der Waals surface area (Å²) in [6.45, 7) is 2.26. The number of hydrogen-bond acceptors (Lipinski definition) is 4. The van der Waals surface area contributed by atoms with Crippen LogP contribution in [0.15, 0.2) is 47.4 Å². The Labute approximate surface area is 150 Å². The molecule has 0 saturated heterocycles. The zero-order chi connectivity index (χ0) is 18.3. The zero-order valence-electron chi connectivity index (χ0n) is 14.9. The van der Waals surface area contributed by atoms with Crippen LogP contribution in [0.25, 0.3) is 0 Å². The van der Waals surface area contributed by atoms with E-state index >= 15 is 0 Å². The van der Waals surface area contributed by atoms with Gasteiger partial charge in [0.05, 0.1) is 19.1 Å². The summed E-state index contributed by atoms with van der Waals surface area (Å²) in [5, 5.41) is 0. The monoisotopic (exact) mass is 363 g/mol. The molecule has 0 aromatic heterocycles. The van der Waals surface area contributed by atoms with Gasteiger partial charge < -0.3 is 9.47 Å². The maximum absolute atomic E-state index is 12.5. The van der Waals surface area contributed by atoms with Crippen molar-refractivity contribution in [1.29, 1.82) is 0 Å². The largest absolute Gasteiger partial charge is 0.497 e. The van der Waals surface area contributed by atoms with E-state index < -0.39 is 10.0 Å². The molecule has 2 aromatic rings. The molecule has 0 amide bonds. The number of ether oxygens (including phenoxy) is 2. The average molecular weight is 363 g/mol. The fraction of sp³-hybridized carbons (Fsp3) is 0.368. The molecule has 136 valence electrons. The second kappa shape index (κ2) is 8.87. The zero-order valence-corrected chi connectivity index (χ0v) is 15.7. The Balaban J connectivity index is 2.11. The lowest BCUT2D eigenvalue weighted by Gasteiger charge is -2.12. The standard InChI is InChI=1S/C19H25NO4S/c1-4-5-6-15-7-10-18(11-8-15)25(21,22)20-14-16-13-17(23-2)9-12-19(16)24-3/h7-13,20H,4-6,14H2,1-3H3. The Morgan fingerprint density at radius 2 is 1.72 bits per heavy atom. The van der Waals surface area contributed by atoms with Gasteiger partial charge in [-0.05, 0) is 48.7 Å². The Morgan fingerprint density at radius 3 is 2.32 bits per heavy atom. The van der Waals surface area contributed by atoms with Gasteiger partial charge in [0.1, 0.15) is 11.5 Å². The van der Waals surface area contributed by atoms with E-state index in [9.17, 15) is 8.42 Å². The number of aryl methyl sites for hydroxylation is 1. The van der Waals surface area contributed by atoms with Crippen LogP contribution in [0.1, 0.15) is 30.9 Å². The topological polar surface area (TPSA) is 64.6 Å². The van der Waals surface area contributed by atoms with Gasteiger partial charge in [0.2, 0.25) is 10.0 Å². The molecule has 0 aliphatic heterocycles. The van der Waals surface area contributed by atoms with Gasteiger partial charge in [-0.1, -0.05) is 25.5 Å². The maximum atomic E-state index is 12.5. The van der Waals surface area contributed by atoms with Gasteiger partial charge in [-0.15, -0.1) is 0 Å². The van der Waals surface area contributed by atoms with Gasteiger partial charge in [-0.3, -0.25) is 0 Å². The molecule has 5 nitrogen and oxygen atoms in total. The minimum Gasteiger partial charge on any atom is -0.497 e. The van der Waals surface area contributed by atoms with Gasteiger partial charge in [0, 0.05) is 12.1 Å². The summed E-state index contributed by atoms with van der Waals surface area (Å²) in [6, 6.07) is 12.3. The molecule has 2 aromatic carbocycles. The molecule has 0 unspecified atom stereocenters. The van der Waals surface area contributed by atoms with Gasteiger partial charge >= 0.3 is 0 Å². The van der Waals surface area contributed by atoms with Crippen molar-refractivity contribution in [2.75, 3.05) is 14.2 Å². The molecule has 0 aliphatic rings. The van der Waals surface area contributed by atoms with Crippen molar-refractivity contribution < 1.29 is 17.9 Å². The fourth-order valence-corrected chi connectivity index (χ4v) is 3.50. The van der Waals surface area contributed by atoms with Crippen molar-refractivity contribution >= 4 is 10.0 Å². The highest BCUT2D eigenvalue weighted by Crippen LogP contribution is 2.24. The lowest BCUT2D eigenvalue weighted by molar-refractivity contribution is 0.398. The van der Waals surface area contributed by atoms with E-state index in [0.29, 0.717) is 17.1 Å². The number of benzene rings is 2. The SMILES string of the molecule is CCCCc1ccc(S(=O)(=O)NCc2cc(OC)ccc2OC)cc1. The molecule has 0 atom stereocenters. The Hall–Kier alpha value is -2.05. The number of hydrogen-bond donors (Lipinski definition) is 1. The number of rotatable bonds is 9. The van der Waals surface area contributed by atoms with E-state index in [0.717, 1.165) is 24.8 Å². The normalized spacial score (nSPS) is 11.3. The van der Waals surface area contributed by atoms with Crippen LogP contribution in [0.5, 0.6) is 11.5 Å². The maximum Gasteiger partial charge on any atom is 0.240 e. The molecule has 0 heterocycles. The molecule has 25 heavy (non-hydrogen) atoms. The molecule has 0 saturated carbocycles. The number of nitrogens with one attached hydrogen (secondary N) is 1. The molecule has 2 rings (SSSR count). The minimum absolute atomic E-state index is 0.125. The first-order valence-electron chi connectivity index (χ1n) is 8.29. The van der Waals surface area contributed by atoms with Crippen LogP contribution in [-0.2, 0) is 23.0 Å². The molecule has 0 aliphatic carbocycles. The third-order valence-corrected chi connectivity index (χ3v) is 5.41. The molecular formula is C19H25NO4S. The van der Waals surface area contributed by atoms with E-state index in [1.54, 1.807) is 44.6 Å². The van der Waals surface area contributed by atoms with Crippen LogP contribution < -0.4 is 14.2 Å². The van der Waals surface area contributed by atoms with Crippen LogP contribution in [-0.4, -0.2) is 22.6 Å². The number of sulfonamides is 1. The molecule has 0 radical (unpaired) electrons. The van der Waals surface area contributed by atoms with Crippen LogP contribution in [0.4, 0.5) is 0 Å². The van der Waals surface area contributed by atoms with Crippen molar-refractivity contribution in [2.24, 2.45) is 0 Å². The lowest BCUT2D eigenvalue weighted by atomic mass is 10.1. The quantitative estimate of drug-likeness (QED) is 0.740. The van der Waals surface area contributed by atoms with Crippen LogP contribution in [0, 0.1) is 0 Å². The summed E-state index contributed by atoms with van der Waals surface area (Å²) in [6.07, 6.45) is 3.18. The van der Waals surface area contributed by atoms with Crippen molar-refractivity contribution in [3.05, 3.63) is 53.6 Å². The summed E-state index contributed by atoms with van der Waals surface area (Å²) in [4.78, 5) is 0.259. The highest BCUT2D eigenvalue weighted by Gasteiger charge is 2.15. The molecule has 6 heteroatoms. The number of unbranched alkanes of at least 4 members (excludes halogenated alkanes) is 1. The molecule has 0 spiro atoms. The van der Waals surface area contributed by atoms with E-state index in [4.69, 9.17) is 9.47 Å². The first kappa shape index (κ1) is 19.3. The van der Waals surface area contributed by atoms with Crippen molar-refractivity contribution in [2.45, 2.75) is 37.6 Å². The Bertz CT molecular complexity index is 786. The van der Waals surface area contributed by atoms with Crippen LogP contribution in [0.2, 0.25) is 0 Å².